The van der Waals surface area contributed by atoms with Gasteiger partial charge in [0.15, 0.2) is 0 Å². The van der Waals surface area contributed by atoms with Gasteiger partial charge in [-0.2, -0.15) is 0 Å². The van der Waals surface area contributed by atoms with Gasteiger partial charge in [0.2, 0.25) is 0 Å². The van der Waals surface area contributed by atoms with E-state index in [1.165, 1.54) is 19.4 Å². The van der Waals surface area contributed by atoms with E-state index in [0.29, 0.717) is 0 Å². The average molecular weight is 404 g/mol. The molecule has 0 aromatic heterocycles. The molecule has 1 saturated heterocycles. The summed E-state index contributed by atoms with van der Waals surface area (Å²) in [6.45, 7) is 21.5. The molecule has 0 radical (unpaired) electrons. The molecule has 2 unspecified atom stereocenters. The molecule has 0 aromatic carbocycles. The van der Waals surface area contributed by atoms with E-state index >= 15 is 0 Å². The lowest BCUT2D eigenvalue weighted by Gasteiger charge is -2.33. The van der Waals surface area contributed by atoms with Crippen LogP contribution in [-0.2, 0) is 8.85 Å². The molecule has 1 heterocycles. The van der Waals surface area contributed by atoms with Gasteiger partial charge < -0.3 is 23.6 Å². The number of piperazine rings is 1. The van der Waals surface area contributed by atoms with E-state index in [4.69, 9.17) is 8.85 Å². The highest BCUT2D eigenvalue weighted by atomic mass is 28.4. The maximum atomic E-state index is 6.51. The summed E-state index contributed by atoms with van der Waals surface area (Å²) in [5, 5.41) is 3.42. The maximum absolute atomic E-state index is 6.51. The Labute approximate surface area is 165 Å². The standard InChI is InChI=1S/C19H45N3O2Si2/c1-8-23-26(7,18-10-9-14-21(3)25(4,5)6)24-19(2)11-15-22-16-12-20-13-17-22/h19-20H,8-18H2,1-7H3. The minimum absolute atomic E-state index is 0.290. The van der Waals surface area contributed by atoms with Gasteiger partial charge in [0.25, 0.3) is 0 Å². The number of nitrogens with zero attached hydrogens (tertiary/aromatic N) is 2. The molecule has 2 atom stereocenters. The van der Waals surface area contributed by atoms with Crippen LogP contribution in [0.25, 0.3) is 0 Å². The molecule has 0 amide bonds. The van der Waals surface area contributed by atoms with Crippen LogP contribution in [0.5, 0.6) is 0 Å². The Morgan fingerprint density at radius 2 is 1.77 bits per heavy atom. The van der Waals surface area contributed by atoms with E-state index in [1.54, 1.807) is 0 Å². The highest BCUT2D eigenvalue weighted by Crippen LogP contribution is 2.21. The first-order valence-corrected chi connectivity index (χ1v) is 16.6. The molecule has 26 heavy (non-hydrogen) atoms. The fourth-order valence-corrected chi connectivity index (χ4v) is 7.02. The fraction of sp³-hybridized carbons (Fsp3) is 1.00. The van der Waals surface area contributed by atoms with Crippen molar-refractivity contribution in [3.8, 4) is 0 Å². The molecule has 156 valence electrons. The average Bonchev–Trinajstić information content (AvgIpc) is 2.57. The van der Waals surface area contributed by atoms with Gasteiger partial charge in [-0.1, -0.05) is 26.1 Å². The first kappa shape index (κ1) is 24.3. The molecular weight excluding hydrogens is 358 g/mol. The lowest BCUT2D eigenvalue weighted by molar-refractivity contribution is 0.110. The third-order valence-corrected chi connectivity index (χ3v) is 11.1. The van der Waals surface area contributed by atoms with E-state index in [-0.39, 0.29) is 6.10 Å². The van der Waals surface area contributed by atoms with Crippen LogP contribution in [0.2, 0.25) is 32.2 Å². The van der Waals surface area contributed by atoms with Gasteiger partial charge in [-0.15, -0.1) is 0 Å². The Kier molecular flexibility index (Phi) is 11.1. The number of hydrogen-bond donors (Lipinski definition) is 1. The Hall–Kier alpha value is 0.234. The van der Waals surface area contributed by atoms with Gasteiger partial charge in [-0.05, 0) is 52.9 Å². The first-order chi connectivity index (χ1) is 12.2. The predicted molar refractivity (Wildman–Crippen MR) is 118 cm³/mol. The van der Waals surface area contributed by atoms with Gasteiger partial charge in [0.1, 0.15) is 8.24 Å². The molecule has 1 rings (SSSR count). The monoisotopic (exact) mass is 403 g/mol. The molecule has 0 saturated carbocycles. The molecule has 0 spiro atoms. The van der Waals surface area contributed by atoms with Crippen molar-refractivity contribution in [2.75, 3.05) is 52.9 Å². The maximum Gasteiger partial charge on any atom is 0.335 e. The minimum atomic E-state index is -2.06. The molecule has 0 bridgehead atoms. The largest absolute Gasteiger partial charge is 0.395 e. The minimum Gasteiger partial charge on any atom is -0.395 e. The predicted octanol–water partition coefficient (Wildman–Crippen LogP) is 3.34. The summed E-state index contributed by atoms with van der Waals surface area (Å²) in [6, 6.07) is 1.11. The summed E-state index contributed by atoms with van der Waals surface area (Å²) in [4.78, 5) is 2.54. The third-order valence-electron chi connectivity index (χ3n) is 5.48. The lowest BCUT2D eigenvalue weighted by Crippen LogP contribution is -2.46. The van der Waals surface area contributed by atoms with Crippen molar-refractivity contribution in [3.05, 3.63) is 0 Å². The Bertz CT molecular complexity index is 376. The van der Waals surface area contributed by atoms with Crippen molar-refractivity contribution in [2.45, 2.75) is 71.4 Å². The number of unbranched alkanes of at least 4 members (excludes halogenated alkanes) is 1. The van der Waals surface area contributed by atoms with Crippen LogP contribution < -0.4 is 5.32 Å². The molecular formula is C19H45N3O2Si2. The van der Waals surface area contributed by atoms with Gasteiger partial charge in [0, 0.05) is 45.4 Å². The smallest absolute Gasteiger partial charge is 0.335 e. The third kappa shape index (κ3) is 9.96. The van der Waals surface area contributed by atoms with Crippen LogP contribution in [0.4, 0.5) is 0 Å². The molecule has 1 aliphatic rings. The van der Waals surface area contributed by atoms with Crippen molar-refractivity contribution in [2.24, 2.45) is 0 Å². The Morgan fingerprint density at radius 3 is 2.35 bits per heavy atom. The summed E-state index contributed by atoms with van der Waals surface area (Å²) >= 11 is 0. The molecule has 0 aliphatic carbocycles. The summed E-state index contributed by atoms with van der Waals surface area (Å²) in [7, 11) is -0.930. The quantitative estimate of drug-likeness (QED) is 0.377. The topological polar surface area (TPSA) is 37.0 Å². The lowest BCUT2D eigenvalue weighted by atomic mass is 10.2. The van der Waals surface area contributed by atoms with Crippen molar-refractivity contribution in [1.29, 1.82) is 0 Å². The second-order valence-electron chi connectivity index (χ2n) is 8.93. The second-order valence-corrected chi connectivity index (χ2v) is 17.3. The van der Waals surface area contributed by atoms with Crippen molar-refractivity contribution in [3.63, 3.8) is 0 Å². The highest BCUT2D eigenvalue weighted by Gasteiger charge is 2.33. The Morgan fingerprint density at radius 1 is 1.12 bits per heavy atom. The first-order valence-electron chi connectivity index (χ1n) is 10.6. The SMILES string of the molecule is CCO[Si](C)(CCCCN(C)[Si](C)(C)C)OC(C)CCN1CCNCC1. The van der Waals surface area contributed by atoms with Gasteiger partial charge in [-0.25, -0.2) is 0 Å². The van der Waals surface area contributed by atoms with E-state index in [1.807, 2.05) is 0 Å². The van der Waals surface area contributed by atoms with E-state index < -0.39 is 16.8 Å². The zero-order valence-electron chi connectivity index (χ0n) is 18.6. The van der Waals surface area contributed by atoms with Crippen LogP contribution in [0.3, 0.4) is 0 Å². The highest BCUT2D eigenvalue weighted by molar-refractivity contribution is 6.73. The number of rotatable bonds is 13. The van der Waals surface area contributed by atoms with E-state index in [9.17, 15) is 0 Å². The zero-order chi connectivity index (χ0) is 19.6. The summed E-state index contributed by atoms with van der Waals surface area (Å²) in [6.07, 6.45) is 3.85. The van der Waals surface area contributed by atoms with E-state index in [2.05, 4.69) is 61.9 Å². The van der Waals surface area contributed by atoms with Crippen LogP contribution in [-0.4, -0.2) is 85.3 Å². The summed E-state index contributed by atoms with van der Waals surface area (Å²) < 4.78 is 15.2. The van der Waals surface area contributed by atoms with Crippen molar-refractivity contribution >= 4 is 16.8 Å². The molecule has 5 nitrogen and oxygen atoms in total. The number of hydrogen-bond acceptors (Lipinski definition) is 5. The van der Waals surface area contributed by atoms with Gasteiger partial charge in [-0.3, -0.25) is 0 Å². The van der Waals surface area contributed by atoms with Crippen molar-refractivity contribution < 1.29 is 8.85 Å². The number of nitrogens with one attached hydrogen (secondary N) is 1. The molecule has 1 aliphatic heterocycles. The molecule has 1 fully saturated rings. The van der Waals surface area contributed by atoms with Crippen LogP contribution in [0.1, 0.15) is 33.1 Å². The second kappa shape index (κ2) is 11.9. The Balaban J connectivity index is 2.33. The van der Waals surface area contributed by atoms with E-state index in [0.717, 1.165) is 51.8 Å². The fourth-order valence-electron chi connectivity index (χ4n) is 3.38. The molecule has 7 heteroatoms. The van der Waals surface area contributed by atoms with Gasteiger partial charge >= 0.3 is 8.56 Å². The summed E-state index contributed by atoms with van der Waals surface area (Å²) in [5.41, 5.74) is 0. The van der Waals surface area contributed by atoms with Crippen molar-refractivity contribution in [1.82, 2.24) is 14.8 Å². The van der Waals surface area contributed by atoms with Gasteiger partial charge in [0.05, 0.1) is 0 Å². The molecule has 0 aromatic rings. The molecule has 1 N–H and O–H groups in total. The van der Waals surface area contributed by atoms with Crippen LogP contribution in [0, 0.1) is 0 Å². The summed E-state index contributed by atoms with van der Waals surface area (Å²) in [5.74, 6) is 0. The normalized spacial score (nSPS) is 20.3. The van der Waals surface area contributed by atoms with Crippen LogP contribution in [0.15, 0.2) is 0 Å². The zero-order valence-corrected chi connectivity index (χ0v) is 20.6. The van der Waals surface area contributed by atoms with Crippen LogP contribution >= 0.6 is 0 Å².